The van der Waals surface area contributed by atoms with E-state index in [4.69, 9.17) is 4.74 Å². The van der Waals surface area contributed by atoms with E-state index in [2.05, 4.69) is 0 Å². The van der Waals surface area contributed by atoms with Gasteiger partial charge in [0.2, 0.25) is 0 Å². The third-order valence-corrected chi connectivity index (χ3v) is 7.45. The van der Waals surface area contributed by atoms with E-state index in [0.29, 0.717) is 18.8 Å². The first kappa shape index (κ1) is 25.0. The molecule has 0 spiro atoms. The van der Waals surface area contributed by atoms with Crippen LogP contribution in [-0.2, 0) is 19.7 Å². The Labute approximate surface area is 193 Å². The van der Waals surface area contributed by atoms with Gasteiger partial charge in [-0.3, -0.25) is 4.79 Å². The van der Waals surface area contributed by atoms with Gasteiger partial charge in [-0.25, -0.2) is 21.2 Å². The first-order valence-corrected chi connectivity index (χ1v) is 14.1. The molecule has 11 heteroatoms. The third kappa shape index (κ3) is 5.83. The quantitative estimate of drug-likeness (QED) is 0.603. The minimum absolute atomic E-state index is 0.0219. The Morgan fingerprint density at radius 2 is 1.45 bits per heavy atom. The molecule has 0 atom stereocenters. The van der Waals surface area contributed by atoms with Crippen molar-refractivity contribution in [2.24, 2.45) is 0 Å². The lowest BCUT2D eigenvalue weighted by Crippen LogP contribution is -2.49. The van der Waals surface area contributed by atoms with Crippen LogP contribution in [-0.4, -0.2) is 72.4 Å². The molecule has 0 aromatic heterocycles. The van der Waals surface area contributed by atoms with E-state index in [1.165, 1.54) is 30.3 Å². The van der Waals surface area contributed by atoms with E-state index < -0.39 is 25.5 Å². The fourth-order valence-corrected chi connectivity index (χ4v) is 4.84. The molecule has 1 amide bonds. The molecule has 1 saturated heterocycles. The Hall–Kier alpha value is -2.66. The number of benzene rings is 2. The predicted octanol–water partition coefficient (Wildman–Crippen LogP) is 2.38. The Balaban J connectivity index is 1.80. The van der Waals surface area contributed by atoms with Crippen LogP contribution < -0.4 is 9.64 Å². The molecule has 0 radical (unpaired) electrons. The molecular formula is C22H27FN2O6S2. The van der Waals surface area contributed by atoms with Crippen molar-refractivity contribution in [3.05, 3.63) is 47.8 Å². The van der Waals surface area contributed by atoms with Gasteiger partial charge in [-0.15, -0.1) is 0 Å². The molecule has 1 aliphatic heterocycles. The van der Waals surface area contributed by atoms with Crippen LogP contribution in [0.3, 0.4) is 0 Å². The van der Waals surface area contributed by atoms with Crippen molar-refractivity contribution in [1.29, 1.82) is 0 Å². The minimum atomic E-state index is -3.52. The molecule has 0 bridgehead atoms. The summed E-state index contributed by atoms with van der Waals surface area (Å²) in [5.41, 5.74) is 0.418. The number of sulfone groups is 2. The summed E-state index contributed by atoms with van der Waals surface area (Å²) < 4.78 is 67.5. The number of rotatable bonds is 6. The van der Waals surface area contributed by atoms with Gasteiger partial charge in [-0.05, 0) is 50.2 Å². The average Bonchev–Trinajstić information content (AvgIpc) is 2.72. The van der Waals surface area contributed by atoms with Gasteiger partial charge in [-0.1, -0.05) is 0 Å². The summed E-state index contributed by atoms with van der Waals surface area (Å²) in [6, 6.07) is 7.99. The molecule has 2 aromatic carbocycles. The van der Waals surface area contributed by atoms with Crippen LogP contribution in [0.15, 0.2) is 46.2 Å². The Kier molecular flexibility index (Phi) is 7.04. The average molecular weight is 499 g/mol. The number of hydrogen-bond acceptors (Lipinski definition) is 7. The van der Waals surface area contributed by atoms with Crippen LogP contribution >= 0.6 is 0 Å². The van der Waals surface area contributed by atoms with Crippen molar-refractivity contribution in [3.63, 3.8) is 0 Å². The van der Waals surface area contributed by atoms with Crippen molar-refractivity contribution in [1.82, 2.24) is 4.90 Å². The zero-order chi connectivity index (χ0) is 24.6. The normalized spacial score (nSPS) is 15.1. The number of halogens is 1. The van der Waals surface area contributed by atoms with Crippen LogP contribution in [0.5, 0.6) is 5.75 Å². The molecule has 0 saturated carbocycles. The molecule has 8 nitrogen and oxygen atoms in total. The van der Waals surface area contributed by atoms with E-state index in [0.717, 1.165) is 18.6 Å². The molecule has 1 fully saturated rings. The number of carbonyl (C=O) groups excluding carboxylic acids is 1. The second-order valence-electron chi connectivity index (χ2n) is 8.26. The zero-order valence-corrected chi connectivity index (χ0v) is 20.5. The zero-order valence-electron chi connectivity index (χ0n) is 18.9. The number of nitrogens with zero attached hydrogens (tertiary/aromatic N) is 2. The van der Waals surface area contributed by atoms with Crippen molar-refractivity contribution in [2.75, 3.05) is 43.6 Å². The minimum Gasteiger partial charge on any atom is -0.490 e. The van der Waals surface area contributed by atoms with Gasteiger partial charge < -0.3 is 14.5 Å². The van der Waals surface area contributed by atoms with Crippen LogP contribution in [0.1, 0.15) is 24.2 Å². The molecule has 1 aliphatic rings. The second kappa shape index (κ2) is 9.30. The van der Waals surface area contributed by atoms with E-state index in [9.17, 15) is 26.0 Å². The molecule has 3 rings (SSSR count). The monoisotopic (exact) mass is 498 g/mol. The maximum absolute atomic E-state index is 14.6. The summed E-state index contributed by atoms with van der Waals surface area (Å²) in [6.45, 7) is 4.81. The van der Waals surface area contributed by atoms with Gasteiger partial charge in [0.05, 0.1) is 27.1 Å². The number of anilines is 1. The standard InChI is InChI=1S/C22H27FN2O6S2/c1-15(2)31-21-8-6-16(32(3,27)28)13-18(21)22(26)25-11-9-24(10-12-25)20-7-5-17(14-19(20)23)33(4,29)30/h5-8,13-15H,9-12H2,1-4H3. The van der Waals surface area contributed by atoms with Crippen molar-refractivity contribution < 1.29 is 30.8 Å². The largest absolute Gasteiger partial charge is 0.490 e. The van der Waals surface area contributed by atoms with Crippen molar-refractivity contribution >= 4 is 31.3 Å². The highest BCUT2D eigenvalue weighted by atomic mass is 32.2. The van der Waals surface area contributed by atoms with Gasteiger partial charge in [-0.2, -0.15) is 0 Å². The number of hydrogen-bond donors (Lipinski definition) is 0. The highest BCUT2D eigenvalue weighted by Crippen LogP contribution is 2.28. The number of amides is 1. The van der Waals surface area contributed by atoms with Gasteiger partial charge in [0.25, 0.3) is 5.91 Å². The second-order valence-corrected chi connectivity index (χ2v) is 12.3. The maximum atomic E-state index is 14.6. The molecule has 1 heterocycles. The molecule has 33 heavy (non-hydrogen) atoms. The maximum Gasteiger partial charge on any atom is 0.257 e. The molecule has 180 valence electrons. The van der Waals surface area contributed by atoms with Gasteiger partial charge in [0.15, 0.2) is 19.7 Å². The lowest BCUT2D eigenvalue weighted by molar-refractivity contribution is 0.0740. The Morgan fingerprint density at radius 1 is 0.909 bits per heavy atom. The van der Waals surface area contributed by atoms with E-state index >= 15 is 0 Å². The van der Waals surface area contributed by atoms with E-state index in [1.54, 1.807) is 23.6 Å². The molecule has 2 aromatic rings. The summed E-state index contributed by atoms with van der Waals surface area (Å²) >= 11 is 0. The van der Waals surface area contributed by atoms with Crippen molar-refractivity contribution in [2.45, 2.75) is 29.7 Å². The molecular weight excluding hydrogens is 471 g/mol. The predicted molar refractivity (Wildman–Crippen MR) is 123 cm³/mol. The SMILES string of the molecule is CC(C)Oc1ccc(S(C)(=O)=O)cc1C(=O)N1CCN(c2ccc(S(C)(=O)=O)cc2F)CC1. The number of carbonyl (C=O) groups is 1. The molecule has 0 aliphatic carbocycles. The highest BCUT2D eigenvalue weighted by molar-refractivity contribution is 7.91. The topological polar surface area (TPSA) is 101 Å². The van der Waals surface area contributed by atoms with Gasteiger partial charge in [0.1, 0.15) is 11.6 Å². The van der Waals surface area contributed by atoms with Crippen LogP contribution in [0, 0.1) is 5.82 Å². The van der Waals surface area contributed by atoms with Crippen molar-refractivity contribution in [3.8, 4) is 5.75 Å². The van der Waals surface area contributed by atoms with Gasteiger partial charge >= 0.3 is 0 Å². The third-order valence-electron chi connectivity index (χ3n) is 5.23. The lowest BCUT2D eigenvalue weighted by Gasteiger charge is -2.36. The number of piperazine rings is 1. The Bertz CT molecular complexity index is 1270. The first-order chi connectivity index (χ1) is 15.3. The first-order valence-electron chi connectivity index (χ1n) is 10.3. The van der Waals surface area contributed by atoms with E-state index in [1.807, 2.05) is 0 Å². The number of ether oxygens (including phenoxy) is 1. The van der Waals surface area contributed by atoms with Crippen LogP contribution in [0.2, 0.25) is 0 Å². The summed E-state index contributed by atoms with van der Waals surface area (Å²) in [7, 11) is -7.03. The van der Waals surface area contributed by atoms with Gasteiger partial charge in [0, 0.05) is 38.7 Å². The Morgan fingerprint density at radius 3 is 1.97 bits per heavy atom. The van der Waals surface area contributed by atoms with Crippen LogP contribution in [0.25, 0.3) is 0 Å². The summed E-state index contributed by atoms with van der Waals surface area (Å²) in [5, 5.41) is 0. The smallest absolute Gasteiger partial charge is 0.257 e. The summed E-state index contributed by atoms with van der Waals surface area (Å²) in [6.07, 6.45) is 1.87. The fourth-order valence-electron chi connectivity index (χ4n) is 3.56. The fraction of sp³-hybridized carbons (Fsp3) is 0.409. The molecule has 0 N–H and O–H groups in total. The lowest BCUT2D eigenvalue weighted by atomic mass is 10.1. The summed E-state index contributed by atoms with van der Waals surface area (Å²) in [5.74, 6) is -0.720. The summed E-state index contributed by atoms with van der Waals surface area (Å²) in [4.78, 5) is 16.5. The van der Waals surface area contributed by atoms with Crippen LogP contribution in [0.4, 0.5) is 10.1 Å². The molecule has 0 unspecified atom stereocenters. The highest BCUT2D eigenvalue weighted by Gasteiger charge is 2.27. The van der Waals surface area contributed by atoms with E-state index in [-0.39, 0.29) is 46.1 Å².